The van der Waals surface area contributed by atoms with Crippen molar-refractivity contribution in [2.75, 3.05) is 6.61 Å². The maximum atomic E-state index is 10.9. The smallest absolute Gasteiger partial charge is 0.341 e. The third-order valence-electron chi connectivity index (χ3n) is 4.96. The van der Waals surface area contributed by atoms with Gasteiger partial charge in [-0.3, -0.25) is 0 Å². The summed E-state index contributed by atoms with van der Waals surface area (Å²) in [7, 11) is 0. The van der Waals surface area contributed by atoms with E-state index in [4.69, 9.17) is 30.6 Å². The van der Waals surface area contributed by atoms with Crippen LogP contribution in [0.2, 0.25) is 5.02 Å². The van der Waals surface area contributed by atoms with E-state index in [0.717, 1.165) is 22.4 Å². The summed E-state index contributed by atoms with van der Waals surface area (Å²) in [5.74, 6) is 0.719. The lowest BCUT2D eigenvalue weighted by Gasteiger charge is -2.11. The number of carboxylic acid groups (broad SMARTS) is 1. The van der Waals surface area contributed by atoms with Crippen LogP contribution in [0.5, 0.6) is 17.5 Å². The molecule has 34 heavy (non-hydrogen) atoms. The maximum Gasteiger partial charge on any atom is 0.341 e. The number of aromatic nitrogens is 3. The summed E-state index contributed by atoms with van der Waals surface area (Å²) in [6.45, 7) is 7.46. The number of ether oxygens (including phenoxy) is 2. The number of carboxylic acids is 1. The molecule has 9 heteroatoms. The SMILES string of the molecule is Cc1cc(-c2nc3c(CC(C)C)nc(Oc4cccc(Cl)c4)nc3o2)cc(C)c1OCC(=O)O. The molecule has 8 nitrogen and oxygen atoms in total. The van der Waals surface area contributed by atoms with Crippen molar-refractivity contribution in [3.05, 3.63) is 58.2 Å². The van der Waals surface area contributed by atoms with Crippen LogP contribution < -0.4 is 9.47 Å². The van der Waals surface area contributed by atoms with Gasteiger partial charge >= 0.3 is 12.0 Å². The highest BCUT2D eigenvalue weighted by atomic mass is 35.5. The molecule has 0 amide bonds. The van der Waals surface area contributed by atoms with E-state index in [1.165, 1.54) is 0 Å². The highest BCUT2D eigenvalue weighted by molar-refractivity contribution is 6.30. The topological polar surface area (TPSA) is 108 Å². The number of benzene rings is 2. The van der Waals surface area contributed by atoms with Crippen LogP contribution in [0.4, 0.5) is 0 Å². The van der Waals surface area contributed by atoms with E-state index in [1.54, 1.807) is 24.3 Å². The highest BCUT2D eigenvalue weighted by Crippen LogP contribution is 2.33. The molecule has 2 aromatic heterocycles. The van der Waals surface area contributed by atoms with Crippen molar-refractivity contribution in [2.24, 2.45) is 5.92 Å². The van der Waals surface area contributed by atoms with Crippen LogP contribution in [-0.4, -0.2) is 32.6 Å². The van der Waals surface area contributed by atoms with E-state index in [9.17, 15) is 4.79 Å². The number of carbonyl (C=O) groups is 1. The number of hydrogen-bond donors (Lipinski definition) is 1. The lowest BCUT2D eigenvalue weighted by Crippen LogP contribution is -2.10. The van der Waals surface area contributed by atoms with Crippen molar-refractivity contribution >= 4 is 28.8 Å². The first kappa shape index (κ1) is 23.5. The number of nitrogens with zero attached hydrogens (tertiary/aromatic N) is 3. The molecule has 0 bridgehead atoms. The molecule has 4 rings (SSSR count). The molecule has 1 N–H and O–H groups in total. The molecule has 2 heterocycles. The van der Waals surface area contributed by atoms with Crippen LogP contribution in [0.3, 0.4) is 0 Å². The number of halogens is 1. The molecule has 0 aliphatic heterocycles. The van der Waals surface area contributed by atoms with Gasteiger partial charge in [-0.15, -0.1) is 0 Å². The van der Waals surface area contributed by atoms with E-state index < -0.39 is 12.6 Å². The standard InChI is InChI=1S/C25H24ClN3O5/c1-13(2)8-19-21-24(29-25(27-19)33-18-7-5-6-17(26)11-18)34-23(28-21)16-9-14(3)22(15(4)10-16)32-12-20(30)31/h5-7,9-11,13H,8,12H2,1-4H3,(H,30,31). The van der Waals surface area contributed by atoms with Gasteiger partial charge in [0.15, 0.2) is 12.1 Å². The van der Waals surface area contributed by atoms with Crippen LogP contribution in [-0.2, 0) is 11.2 Å². The van der Waals surface area contributed by atoms with Crippen LogP contribution in [0.15, 0.2) is 40.8 Å². The molecular weight excluding hydrogens is 458 g/mol. The second-order valence-electron chi connectivity index (χ2n) is 8.40. The summed E-state index contributed by atoms with van der Waals surface area (Å²) in [5.41, 5.74) is 3.89. The molecule has 0 saturated carbocycles. The summed E-state index contributed by atoms with van der Waals surface area (Å²) in [4.78, 5) is 24.6. The molecule has 0 unspecified atom stereocenters. The van der Waals surface area contributed by atoms with Gasteiger partial charge in [0.1, 0.15) is 11.5 Å². The van der Waals surface area contributed by atoms with Gasteiger partial charge in [-0.2, -0.15) is 9.97 Å². The Morgan fingerprint density at radius 1 is 1.12 bits per heavy atom. The van der Waals surface area contributed by atoms with Gasteiger partial charge in [0.05, 0.1) is 5.69 Å². The van der Waals surface area contributed by atoms with Gasteiger partial charge in [-0.05, 0) is 67.6 Å². The second-order valence-corrected chi connectivity index (χ2v) is 8.84. The van der Waals surface area contributed by atoms with Gasteiger partial charge in [0, 0.05) is 10.6 Å². The Hall–Kier alpha value is -3.65. The first-order valence-corrected chi connectivity index (χ1v) is 11.1. The molecule has 0 aliphatic rings. The number of rotatable bonds is 8. The molecule has 2 aromatic carbocycles. The predicted octanol–water partition coefficient (Wildman–Crippen LogP) is 6.01. The Morgan fingerprint density at radius 3 is 2.50 bits per heavy atom. The Morgan fingerprint density at radius 2 is 1.85 bits per heavy atom. The van der Waals surface area contributed by atoms with E-state index in [-0.39, 0.29) is 6.01 Å². The number of hydrogen-bond acceptors (Lipinski definition) is 7. The molecule has 0 aliphatic carbocycles. The molecular formula is C25H24ClN3O5. The number of fused-ring (bicyclic) bond motifs is 1. The lowest BCUT2D eigenvalue weighted by atomic mass is 10.1. The maximum absolute atomic E-state index is 10.9. The fourth-order valence-electron chi connectivity index (χ4n) is 3.63. The van der Waals surface area contributed by atoms with E-state index in [0.29, 0.717) is 46.0 Å². The Labute approximate surface area is 201 Å². The molecule has 0 spiro atoms. The zero-order valence-electron chi connectivity index (χ0n) is 19.3. The monoisotopic (exact) mass is 481 g/mol. The molecule has 0 fully saturated rings. The minimum absolute atomic E-state index is 0.151. The normalized spacial score (nSPS) is 11.2. The van der Waals surface area contributed by atoms with Crippen molar-refractivity contribution in [1.29, 1.82) is 0 Å². The van der Waals surface area contributed by atoms with Crippen molar-refractivity contribution in [2.45, 2.75) is 34.1 Å². The minimum atomic E-state index is -1.03. The summed E-state index contributed by atoms with van der Waals surface area (Å²) < 4.78 is 17.3. The third kappa shape index (κ3) is 5.28. The van der Waals surface area contributed by atoms with Crippen molar-refractivity contribution in [3.63, 3.8) is 0 Å². The number of oxazole rings is 1. The zero-order chi connectivity index (χ0) is 24.4. The molecule has 0 radical (unpaired) electrons. The van der Waals surface area contributed by atoms with Gasteiger partial charge in [0.25, 0.3) is 5.71 Å². The van der Waals surface area contributed by atoms with E-state index in [1.807, 2.05) is 26.0 Å². The van der Waals surface area contributed by atoms with E-state index >= 15 is 0 Å². The average molecular weight is 482 g/mol. The van der Waals surface area contributed by atoms with Crippen LogP contribution >= 0.6 is 11.6 Å². The van der Waals surface area contributed by atoms with Gasteiger partial charge in [-0.1, -0.05) is 31.5 Å². The van der Waals surface area contributed by atoms with Crippen molar-refractivity contribution in [3.8, 4) is 29.0 Å². The average Bonchev–Trinajstić information content (AvgIpc) is 3.17. The highest BCUT2D eigenvalue weighted by Gasteiger charge is 2.19. The van der Waals surface area contributed by atoms with Crippen LogP contribution in [0, 0.1) is 19.8 Å². The fourth-order valence-corrected chi connectivity index (χ4v) is 3.81. The minimum Gasteiger partial charge on any atom is -0.481 e. The van der Waals surface area contributed by atoms with Gasteiger partial charge < -0.3 is 19.0 Å². The predicted molar refractivity (Wildman–Crippen MR) is 128 cm³/mol. The van der Waals surface area contributed by atoms with Crippen LogP contribution in [0.25, 0.3) is 22.7 Å². The summed E-state index contributed by atoms with van der Waals surface area (Å²) in [6.07, 6.45) is 0.664. The lowest BCUT2D eigenvalue weighted by molar-refractivity contribution is -0.139. The number of aliphatic carboxylic acids is 1. The largest absolute Gasteiger partial charge is 0.481 e. The third-order valence-corrected chi connectivity index (χ3v) is 5.20. The van der Waals surface area contributed by atoms with Gasteiger partial charge in [-0.25, -0.2) is 9.78 Å². The first-order valence-electron chi connectivity index (χ1n) is 10.8. The summed E-state index contributed by atoms with van der Waals surface area (Å²) in [5, 5.41) is 9.45. The van der Waals surface area contributed by atoms with Gasteiger partial charge in [0.2, 0.25) is 5.89 Å². The zero-order valence-corrected chi connectivity index (χ0v) is 20.0. The van der Waals surface area contributed by atoms with Crippen molar-refractivity contribution in [1.82, 2.24) is 15.0 Å². The second kappa shape index (κ2) is 9.69. The number of aryl methyl sites for hydroxylation is 2. The van der Waals surface area contributed by atoms with Crippen LogP contribution in [0.1, 0.15) is 30.7 Å². The van der Waals surface area contributed by atoms with E-state index in [2.05, 4.69) is 28.8 Å². The molecule has 0 atom stereocenters. The first-order chi connectivity index (χ1) is 16.2. The van der Waals surface area contributed by atoms with Crippen molar-refractivity contribution < 1.29 is 23.8 Å². The fraction of sp³-hybridized carbons (Fsp3) is 0.280. The molecule has 0 saturated heterocycles. The molecule has 176 valence electrons. The Balaban J connectivity index is 1.74. The Bertz CT molecular complexity index is 1340. The summed E-state index contributed by atoms with van der Waals surface area (Å²) in [6, 6.07) is 10.8. The Kier molecular flexibility index (Phi) is 6.70. The molecule has 4 aromatic rings. The quantitative estimate of drug-likeness (QED) is 0.326. The summed E-state index contributed by atoms with van der Waals surface area (Å²) >= 11 is 6.06.